The van der Waals surface area contributed by atoms with Crippen LogP contribution in [0.2, 0.25) is 0 Å². The molecule has 1 aromatic heterocycles. The quantitative estimate of drug-likeness (QED) is 0.929. The summed E-state index contributed by atoms with van der Waals surface area (Å²) < 4.78 is 1.11. The van der Waals surface area contributed by atoms with Crippen molar-refractivity contribution in [3.8, 4) is 0 Å². The molecule has 2 rings (SSSR count). The fourth-order valence-electron chi connectivity index (χ4n) is 2.11. The molecule has 0 aromatic carbocycles. The number of nitrogens with zero attached hydrogens (tertiary/aromatic N) is 1. The number of thiophene rings is 1. The Morgan fingerprint density at radius 2 is 2.47 bits per heavy atom. The molecule has 0 bridgehead atoms. The molecule has 5 heteroatoms. The van der Waals surface area contributed by atoms with E-state index in [4.69, 9.17) is 0 Å². The minimum absolute atomic E-state index is 0.0239. The van der Waals surface area contributed by atoms with Crippen LogP contribution in [0, 0.1) is 0 Å². The highest BCUT2D eigenvalue weighted by molar-refractivity contribution is 9.11. The summed E-state index contributed by atoms with van der Waals surface area (Å²) in [6.07, 6.45) is 3.31. The van der Waals surface area contributed by atoms with Crippen LogP contribution in [0.15, 0.2) is 15.2 Å². The van der Waals surface area contributed by atoms with Gasteiger partial charge in [0.15, 0.2) is 0 Å². The van der Waals surface area contributed by atoms with Crippen LogP contribution in [0.1, 0.15) is 24.8 Å². The van der Waals surface area contributed by atoms with E-state index in [1.807, 2.05) is 11.9 Å². The van der Waals surface area contributed by atoms with Crippen LogP contribution in [0.25, 0.3) is 0 Å². The van der Waals surface area contributed by atoms with Gasteiger partial charge in [0.05, 0.1) is 9.83 Å². The van der Waals surface area contributed by atoms with Crippen molar-refractivity contribution in [2.24, 2.45) is 0 Å². The van der Waals surface area contributed by atoms with Gasteiger partial charge in [0, 0.05) is 13.6 Å². The van der Waals surface area contributed by atoms with Crippen molar-refractivity contribution in [3.63, 3.8) is 0 Å². The van der Waals surface area contributed by atoms with Gasteiger partial charge in [-0.1, -0.05) is 6.42 Å². The monoisotopic (exact) mass is 316 g/mol. The first-order chi connectivity index (χ1) is 8.16. The second-order valence-electron chi connectivity index (χ2n) is 4.46. The summed E-state index contributed by atoms with van der Waals surface area (Å²) in [6, 6.07) is 2.10. The topological polar surface area (TPSA) is 32.3 Å². The van der Waals surface area contributed by atoms with Crippen LogP contribution in [0.5, 0.6) is 0 Å². The molecule has 3 nitrogen and oxygen atoms in total. The normalized spacial score (nSPS) is 20.2. The Morgan fingerprint density at radius 3 is 3.06 bits per heavy atom. The van der Waals surface area contributed by atoms with E-state index in [-0.39, 0.29) is 11.9 Å². The Labute approximate surface area is 114 Å². The average Bonchev–Trinajstić information content (AvgIpc) is 2.75. The standard InChI is InChI=1S/C12H17BrN2OS/c1-15(7-9-6-11(13)17-8-9)12(16)10-4-2-3-5-14-10/h6,8,10,14H,2-5,7H2,1H3/t10-/m1/s1. The molecule has 0 aliphatic carbocycles. The van der Waals surface area contributed by atoms with E-state index in [1.54, 1.807) is 11.3 Å². The molecule has 1 aliphatic rings. The zero-order valence-corrected chi connectivity index (χ0v) is 12.3. The number of rotatable bonds is 3. The molecule has 0 saturated carbocycles. The number of carbonyl (C=O) groups is 1. The second-order valence-corrected chi connectivity index (χ2v) is 6.75. The van der Waals surface area contributed by atoms with Gasteiger partial charge in [0.2, 0.25) is 5.91 Å². The summed E-state index contributed by atoms with van der Waals surface area (Å²) in [4.78, 5) is 14.0. The predicted molar refractivity (Wildman–Crippen MR) is 74.1 cm³/mol. The zero-order chi connectivity index (χ0) is 12.3. The van der Waals surface area contributed by atoms with E-state index >= 15 is 0 Å². The van der Waals surface area contributed by atoms with Gasteiger partial charge in [0.1, 0.15) is 0 Å². The van der Waals surface area contributed by atoms with Crippen LogP contribution in [-0.2, 0) is 11.3 Å². The number of carbonyl (C=O) groups excluding carboxylic acids is 1. The van der Waals surface area contributed by atoms with Gasteiger partial charge >= 0.3 is 0 Å². The van der Waals surface area contributed by atoms with E-state index in [9.17, 15) is 4.79 Å². The Kier molecular flexibility index (Phi) is 4.59. The van der Waals surface area contributed by atoms with Gasteiger partial charge in [-0.05, 0) is 52.3 Å². The lowest BCUT2D eigenvalue weighted by molar-refractivity contribution is -0.133. The Hall–Kier alpha value is -0.390. The predicted octanol–water partition coefficient (Wildman–Crippen LogP) is 2.61. The molecule has 1 fully saturated rings. The van der Waals surface area contributed by atoms with Crippen molar-refractivity contribution in [2.75, 3.05) is 13.6 Å². The van der Waals surface area contributed by atoms with E-state index in [1.165, 1.54) is 12.0 Å². The Morgan fingerprint density at radius 1 is 1.65 bits per heavy atom. The van der Waals surface area contributed by atoms with E-state index in [2.05, 4.69) is 32.7 Å². The van der Waals surface area contributed by atoms with Crippen LogP contribution < -0.4 is 5.32 Å². The first-order valence-corrected chi connectivity index (χ1v) is 7.55. The van der Waals surface area contributed by atoms with Gasteiger partial charge in [-0.3, -0.25) is 4.79 Å². The van der Waals surface area contributed by atoms with Gasteiger partial charge in [-0.25, -0.2) is 0 Å². The number of nitrogens with one attached hydrogen (secondary N) is 1. The minimum Gasteiger partial charge on any atom is -0.340 e. The maximum absolute atomic E-state index is 12.2. The number of amides is 1. The van der Waals surface area contributed by atoms with Crippen molar-refractivity contribution >= 4 is 33.2 Å². The molecule has 1 saturated heterocycles. The molecular weight excluding hydrogens is 300 g/mol. The molecule has 94 valence electrons. The molecular formula is C12H17BrN2OS. The van der Waals surface area contributed by atoms with Crippen molar-refractivity contribution in [1.29, 1.82) is 0 Å². The highest BCUT2D eigenvalue weighted by atomic mass is 79.9. The van der Waals surface area contributed by atoms with Gasteiger partial charge in [-0.15, -0.1) is 11.3 Å². The first-order valence-electron chi connectivity index (χ1n) is 5.88. The number of piperidine rings is 1. The molecule has 2 heterocycles. The van der Waals surface area contributed by atoms with Crippen molar-refractivity contribution in [1.82, 2.24) is 10.2 Å². The van der Waals surface area contributed by atoms with Gasteiger partial charge < -0.3 is 10.2 Å². The smallest absolute Gasteiger partial charge is 0.239 e. The molecule has 1 N–H and O–H groups in total. The van der Waals surface area contributed by atoms with Crippen LogP contribution in [0.4, 0.5) is 0 Å². The lowest BCUT2D eigenvalue weighted by atomic mass is 10.0. The highest BCUT2D eigenvalue weighted by Crippen LogP contribution is 2.22. The van der Waals surface area contributed by atoms with E-state index in [0.717, 1.165) is 23.2 Å². The van der Waals surface area contributed by atoms with Crippen molar-refractivity contribution in [2.45, 2.75) is 31.8 Å². The Bertz CT molecular complexity index is 388. The molecule has 0 radical (unpaired) electrons. The number of likely N-dealkylation sites (N-methyl/N-ethyl adjacent to an activating group) is 1. The summed E-state index contributed by atoms with van der Waals surface area (Å²) in [5, 5.41) is 5.38. The SMILES string of the molecule is CN(Cc1csc(Br)c1)C(=O)[C@H]1CCCCN1. The number of halogens is 1. The molecule has 1 atom stereocenters. The number of hydrogen-bond acceptors (Lipinski definition) is 3. The molecule has 1 aliphatic heterocycles. The first kappa shape index (κ1) is 13.1. The van der Waals surface area contributed by atoms with Crippen molar-refractivity contribution in [3.05, 3.63) is 20.8 Å². The lowest BCUT2D eigenvalue weighted by Crippen LogP contribution is -2.46. The molecule has 17 heavy (non-hydrogen) atoms. The third-order valence-electron chi connectivity index (χ3n) is 3.03. The zero-order valence-electron chi connectivity index (χ0n) is 9.91. The fraction of sp³-hybridized carbons (Fsp3) is 0.583. The second kappa shape index (κ2) is 5.98. The summed E-state index contributed by atoms with van der Waals surface area (Å²) in [6.45, 7) is 1.66. The minimum atomic E-state index is 0.0239. The van der Waals surface area contributed by atoms with Crippen LogP contribution in [0.3, 0.4) is 0 Å². The maximum Gasteiger partial charge on any atom is 0.239 e. The van der Waals surface area contributed by atoms with Crippen LogP contribution >= 0.6 is 27.3 Å². The molecule has 1 aromatic rings. The molecule has 1 amide bonds. The van der Waals surface area contributed by atoms with Gasteiger partial charge in [0.25, 0.3) is 0 Å². The van der Waals surface area contributed by atoms with Gasteiger partial charge in [-0.2, -0.15) is 0 Å². The van der Waals surface area contributed by atoms with E-state index < -0.39 is 0 Å². The summed E-state index contributed by atoms with van der Waals surface area (Å²) in [7, 11) is 1.88. The fourth-order valence-corrected chi connectivity index (χ4v) is 3.31. The lowest BCUT2D eigenvalue weighted by Gasteiger charge is -2.27. The third-order valence-corrected chi connectivity index (χ3v) is 4.58. The average molecular weight is 317 g/mol. The highest BCUT2D eigenvalue weighted by Gasteiger charge is 2.23. The largest absolute Gasteiger partial charge is 0.340 e. The number of hydrogen-bond donors (Lipinski definition) is 1. The van der Waals surface area contributed by atoms with E-state index in [0.29, 0.717) is 6.54 Å². The summed E-state index contributed by atoms with van der Waals surface area (Å²) in [5.74, 6) is 0.215. The third kappa shape index (κ3) is 3.53. The summed E-state index contributed by atoms with van der Waals surface area (Å²) in [5.41, 5.74) is 1.19. The van der Waals surface area contributed by atoms with Crippen molar-refractivity contribution < 1.29 is 4.79 Å². The maximum atomic E-state index is 12.2. The summed E-state index contributed by atoms with van der Waals surface area (Å²) >= 11 is 5.10. The molecule has 0 spiro atoms. The Balaban J connectivity index is 1.90. The molecule has 0 unspecified atom stereocenters. The van der Waals surface area contributed by atoms with Crippen LogP contribution in [-0.4, -0.2) is 30.4 Å².